The standard InChI is InChI=1S/C18H21N3O2/c1-13-10-19-20(11-13)12-15-6-4-8-21(15)18(22)17-9-14-5-2-3-7-16(14)23-17/h2-3,5,7,10-11,15,17H,4,6,8-9,12H2,1H3. The number of hydrogen-bond donors (Lipinski definition) is 0. The van der Waals surface area contributed by atoms with Gasteiger partial charge in [-0.25, -0.2) is 0 Å². The van der Waals surface area contributed by atoms with Gasteiger partial charge in [0.2, 0.25) is 0 Å². The van der Waals surface area contributed by atoms with Crippen LogP contribution in [-0.4, -0.2) is 39.3 Å². The highest BCUT2D eigenvalue weighted by molar-refractivity contribution is 5.83. The molecule has 1 aromatic heterocycles. The van der Waals surface area contributed by atoms with Crippen molar-refractivity contribution in [1.29, 1.82) is 0 Å². The fraction of sp³-hybridized carbons (Fsp3) is 0.444. The van der Waals surface area contributed by atoms with Gasteiger partial charge >= 0.3 is 0 Å². The topological polar surface area (TPSA) is 47.4 Å². The Bertz CT molecular complexity index is 700. The number of nitrogens with zero attached hydrogens (tertiary/aromatic N) is 3. The second-order valence-corrected chi connectivity index (χ2v) is 6.49. The number of likely N-dealkylation sites (tertiary alicyclic amines) is 1. The van der Waals surface area contributed by atoms with Crippen molar-refractivity contribution in [1.82, 2.24) is 14.7 Å². The van der Waals surface area contributed by atoms with E-state index in [4.69, 9.17) is 4.74 Å². The van der Waals surface area contributed by atoms with E-state index in [0.717, 1.165) is 42.8 Å². The normalized spacial score (nSPS) is 22.9. The summed E-state index contributed by atoms with van der Waals surface area (Å²) in [6.45, 7) is 3.61. The Hall–Kier alpha value is -2.30. The number of carbonyl (C=O) groups is 1. The van der Waals surface area contributed by atoms with Crippen LogP contribution in [0.2, 0.25) is 0 Å². The molecule has 2 aromatic rings. The predicted molar refractivity (Wildman–Crippen MR) is 86.3 cm³/mol. The molecule has 1 saturated heterocycles. The summed E-state index contributed by atoms with van der Waals surface area (Å²) in [5.74, 6) is 0.969. The molecule has 5 heteroatoms. The first kappa shape index (κ1) is 14.3. The van der Waals surface area contributed by atoms with E-state index in [2.05, 4.69) is 5.10 Å². The minimum Gasteiger partial charge on any atom is -0.480 e. The summed E-state index contributed by atoms with van der Waals surface area (Å²) in [6.07, 6.45) is 6.29. The van der Waals surface area contributed by atoms with Crippen LogP contribution in [0.5, 0.6) is 5.75 Å². The molecule has 0 radical (unpaired) electrons. The molecule has 0 bridgehead atoms. The zero-order chi connectivity index (χ0) is 15.8. The summed E-state index contributed by atoms with van der Waals surface area (Å²) in [4.78, 5) is 14.9. The van der Waals surface area contributed by atoms with E-state index in [1.54, 1.807) is 0 Å². The van der Waals surface area contributed by atoms with Gasteiger partial charge in [0.1, 0.15) is 5.75 Å². The molecule has 0 saturated carbocycles. The van der Waals surface area contributed by atoms with Gasteiger partial charge in [-0.2, -0.15) is 5.10 Å². The molecule has 23 heavy (non-hydrogen) atoms. The number of para-hydroxylation sites is 1. The largest absolute Gasteiger partial charge is 0.480 e. The number of aryl methyl sites for hydroxylation is 1. The van der Waals surface area contributed by atoms with Gasteiger partial charge in [0.05, 0.1) is 18.8 Å². The summed E-state index contributed by atoms with van der Waals surface area (Å²) in [5, 5.41) is 4.35. The highest BCUT2D eigenvalue weighted by atomic mass is 16.5. The Kier molecular flexibility index (Phi) is 3.56. The SMILES string of the molecule is Cc1cnn(CC2CCCN2C(=O)C2Cc3ccccc3O2)c1. The maximum Gasteiger partial charge on any atom is 0.264 e. The van der Waals surface area contributed by atoms with Crippen molar-refractivity contribution in [2.45, 2.75) is 44.9 Å². The van der Waals surface area contributed by atoms with Crippen LogP contribution in [0.1, 0.15) is 24.0 Å². The number of benzene rings is 1. The van der Waals surface area contributed by atoms with Crippen LogP contribution in [0.25, 0.3) is 0 Å². The number of rotatable bonds is 3. The van der Waals surface area contributed by atoms with Crippen molar-refractivity contribution < 1.29 is 9.53 Å². The minimum absolute atomic E-state index is 0.118. The maximum absolute atomic E-state index is 12.9. The van der Waals surface area contributed by atoms with Gasteiger partial charge in [-0.15, -0.1) is 0 Å². The van der Waals surface area contributed by atoms with Crippen molar-refractivity contribution in [3.05, 3.63) is 47.8 Å². The van der Waals surface area contributed by atoms with Crippen LogP contribution in [0.4, 0.5) is 0 Å². The molecule has 2 aliphatic heterocycles. The van der Waals surface area contributed by atoms with Crippen molar-refractivity contribution in [2.24, 2.45) is 0 Å². The molecule has 4 rings (SSSR count). The summed E-state index contributed by atoms with van der Waals surface area (Å²) in [7, 11) is 0. The lowest BCUT2D eigenvalue weighted by atomic mass is 10.1. The molecule has 120 valence electrons. The summed E-state index contributed by atoms with van der Waals surface area (Å²) in [5.41, 5.74) is 2.28. The Balaban J connectivity index is 1.45. The molecule has 1 aromatic carbocycles. The second-order valence-electron chi connectivity index (χ2n) is 6.49. The van der Waals surface area contributed by atoms with Gasteiger partial charge in [-0.3, -0.25) is 9.48 Å². The summed E-state index contributed by atoms with van der Waals surface area (Å²) < 4.78 is 7.81. The van der Waals surface area contributed by atoms with E-state index >= 15 is 0 Å². The van der Waals surface area contributed by atoms with Gasteiger partial charge in [0.15, 0.2) is 6.10 Å². The fourth-order valence-electron chi connectivity index (χ4n) is 3.60. The molecule has 2 atom stereocenters. The monoisotopic (exact) mass is 311 g/mol. The van der Waals surface area contributed by atoms with Crippen LogP contribution >= 0.6 is 0 Å². The van der Waals surface area contributed by atoms with E-state index in [1.807, 2.05) is 53.2 Å². The average Bonchev–Trinajstić information content (AvgIpc) is 3.26. The maximum atomic E-state index is 12.9. The highest BCUT2D eigenvalue weighted by Crippen LogP contribution is 2.30. The molecule has 0 aliphatic carbocycles. The number of aromatic nitrogens is 2. The first-order valence-electron chi connectivity index (χ1n) is 8.25. The fourth-order valence-corrected chi connectivity index (χ4v) is 3.60. The van der Waals surface area contributed by atoms with Crippen LogP contribution in [0, 0.1) is 6.92 Å². The summed E-state index contributed by atoms with van der Waals surface area (Å²) >= 11 is 0. The van der Waals surface area contributed by atoms with Crippen molar-refractivity contribution in [2.75, 3.05) is 6.54 Å². The lowest BCUT2D eigenvalue weighted by molar-refractivity contribution is -0.139. The van der Waals surface area contributed by atoms with Gasteiger partial charge in [-0.05, 0) is 37.0 Å². The van der Waals surface area contributed by atoms with E-state index in [-0.39, 0.29) is 18.1 Å². The predicted octanol–water partition coefficient (Wildman–Crippen LogP) is 2.19. The van der Waals surface area contributed by atoms with E-state index in [0.29, 0.717) is 6.42 Å². The summed E-state index contributed by atoms with van der Waals surface area (Å²) in [6, 6.07) is 8.14. The van der Waals surface area contributed by atoms with Crippen LogP contribution in [0.3, 0.4) is 0 Å². The minimum atomic E-state index is -0.368. The van der Waals surface area contributed by atoms with E-state index in [1.165, 1.54) is 0 Å². The number of ether oxygens (including phenoxy) is 1. The number of carbonyl (C=O) groups excluding carboxylic acids is 1. The molecular weight excluding hydrogens is 290 g/mol. The van der Waals surface area contributed by atoms with Gasteiger partial charge in [0.25, 0.3) is 5.91 Å². The zero-order valence-electron chi connectivity index (χ0n) is 13.3. The van der Waals surface area contributed by atoms with E-state index in [9.17, 15) is 4.79 Å². The highest BCUT2D eigenvalue weighted by Gasteiger charge is 2.37. The molecule has 2 unspecified atom stereocenters. The molecular formula is C18H21N3O2. The molecule has 1 fully saturated rings. The lowest BCUT2D eigenvalue weighted by Crippen LogP contribution is -2.45. The Morgan fingerprint density at radius 1 is 1.39 bits per heavy atom. The van der Waals surface area contributed by atoms with Crippen molar-refractivity contribution in [3.63, 3.8) is 0 Å². The van der Waals surface area contributed by atoms with E-state index < -0.39 is 0 Å². The number of hydrogen-bond acceptors (Lipinski definition) is 3. The van der Waals surface area contributed by atoms with Crippen LogP contribution in [-0.2, 0) is 17.8 Å². The van der Waals surface area contributed by atoms with Crippen molar-refractivity contribution >= 4 is 5.91 Å². The first-order chi connectivity index (χ1) is 11.2. The lowest BCUT2D eigenvalue weighted by Gasteiger charge is -2.27. The Morgan fingerprint density at radius 3 is 3.04 bits per heavy atom. The third-order valence-electron chi connectivity index (χ3n) is 4.74. The average molecular weight is 311 g/mol. The second kappa shape index (κ2) is 5.72. The van der Waals surface area contributed by atoms with Crippen molar-refractivity contribution in [3.8, 4) is 5.75 Å². The zero-order valence-corrected chi connectivity index (χ0v) is 13.3. The molecule has 3 heterocycles. The molecule has 0 N–H and O–H groups in total. The van der Waals surface area contributed by atoms with Gasteiger partial charge < -0.3 is 9.64 Å². The van der Waals surface area contributed by atoms with Gasteiger partial charge in [0, 0.05) is 19.2 Å². The third kappa shape index (κ3) is 2.71. The van der Waals surface area contributed by atoms with Gasteiger partial charge in [-0.1, -0.05) is 18.2 Å². The smallest absolute Gasteiger partial charge is 0.264 e. The number of fused-ring (bicyclic) bond motifs is 1. The number of amides is 1. The van der Waals surface area contributed by atoms with Crippen LogP contribution < -0.4 is 4.74 Å². The molecule has 5 nitrogen and oxygen atoms in total. The Labute approximate surface area is 135 Å². The van der Waals surface area contributed by atoms with Crippen LogP contribution in [0.15, 0.2) is 36.7 Å². The molecule has 1 amide bonds. The molecule has 0 spiro atoms. The molecule has 2 aliphatic rings. The third-order valence-corrected chi connectivity index (χ3v) is 4.74. The quantitative estimate of drug-likeness (QED) is 0.873. The Morgan fingerprint density at radius 2 is 2.26 bits per heavy atom. The first-order valence-corrected chi connectivity index (χ1v) is 8.25.